The maximum atomic E-state index is 11.3. The van der Waals surface area contributed by atoms with E-state index in [4.69, 9.17) is 0 Å². The lowest BCUT2D eigenvalue weighted by molar-refractivity contribution is 0.178. The van der Waals surface area contributed by atoms with Gasteiger partial charge in [-0.05, 0) is 11.8 Å². The molecule has 0 unspecified atom stereocenters. The normalized spacial score (nSPS) is 22.9. The van der Waals surface area contributed by atoms with Gasteiger partial charge in [0.05, 0.1) is 11.5 Å². The molecule has 0 aromatic rings. The van der Waals surface area contributed by atoms with Crippen LogP contribution in [-0.2, 0) is 9.84 Å². The van der Waals surface area contributed by atoms with Gasteiger partial charge in [-0.2, -0.15) is 0 Å². The van der Waals surface area contributed by atoms with Gasteiger partial charge in [-0.1, -0.05) is 27.2 Å². The summed E-state index contributed by atoms with van der Waals surface area (Å²) >= 11 is 0. The predicted octanol–water partition coefficient (Wildman–Crippen LogP) is 1.54. The first-order valence-electron chi connectivity index (χ1n) is 5.77. The van der Waals surface area contributed by atoms with E-state index < -0.39 is 9.84 Å². The molecule has 4 heteroatoms. The fourth-order valence-electron chi connectivity index (χ4n) is 2.27. The third-order valence-corrected chi connectivity index (χ3v) is 4.62. The van der Waals surface area contributed by atoms with Crippen LogP contribution in [0.15, 0.2) is 0 Å². The smallest absolute Gasteiger partial charge is 0.152 e. The molecule has 0 radical (unpaired) electrons. The first-order valence-corrected chi connectivity index (χ1v) is 7.59. The largest absolute Gasteiger partial charge is 0.301 e. The Labute approximate surface area is 93.8 Å². The summed E-state index contributed by atoms with van der Waals surface area (Å²) in [6.45, 7) is 9.18. The van der Waals surface area contributed by atoms with Crippen LogP contribution in [0, 0.1) is 5.41 Å². The lowest BCUT2D eigenvalue weighted by Gasteiger charge is -2.34. The highest BCUT2D eigenvalue weighted by molar-refractivity contribution is 7.91. The Balaban J connectivity index is 2.42. The van der Waals surface area contributed by atoms with E-state index in [1.165, 1.54) is 12.8 Å². The first-order chi connectivity index (χ1) is 6.85. The molecule has 0 N–H and O–H groups in total. The lowest BCUT2D eigenvalue weighted by atomic mass is 9.87. The highest BCUT2D eigenvalue weighted by Crippen LogP contribution is 2.24. The first kappa shape index (κ1) is 13.0. The van der Waals surface area contributed by atoms with Gasteiger partial charge in [0.1, 0.15) is 0 Å². The van der Waals surface area contributed by atoms with E-state index in [-0.39, 0.29) is 0 Å². The van der Waals surface area contributed by atoms with E-state index >= 15 is 0 Å². The van der Waals surface area contributed by atoms with Crippen LogP contribution in [0.1, 0.15) is 33.6 Å². The van der Waals surface area contributed by atoms with Crippen molar-refractivity contribution in [1.29, 1.82) is 0 Å². The van der Waals surface area contributed by atoms with Gasteiger partial charge in [0, 0.05) is 19.6 Å². The second kappa shape index (κ2) is 4.83. The molecule has 15 heavy (non-hydrogen) atoms. The summed E-state index contributed by atoms with van der Waals surface area (Å²) in [4.78, 5) is 2.29. The van der Waals surface area contributed by atoms with Gasteiger partial charge in [-0.25, -0.2) is 8.42 Å². The average Bonchev–Trinajstić information content (AvgIpc) is 2.08. The third-order valence-electron chi connectivity index (χ3n) is 3.02. The standard InChI is InChI=1S/C11H23NO2S/c1-4-5-11(2,3)10-12-6-8-15(13,14)9-7-12/h4-10H2,1-3H3. The molecule has 0 amide bonds. The SMILES string of the molecule is CCCC(C)(C)CN1CCS(=O)(=O)CC1. The van der Waals surface area contributed by atoms with Crippen molar-refractivity contribution in [1.82, 2.24) is 4.90 Å². The molecule has 0 atom stereocenters. The highest BCUT2D eigenvalue weighted by atomic mass is 32.2. The molecule has 1 fully saturated rings. The average molecular weight is 233 g/mol. The minimum absolute atomic E-state index is 0.315. The molecule has 1 heterocycles. The minimum Gasteiger partial charge on any atom is -0.301 e. The number of nitrogens with zero attached hydrogens (tertiary/aromatic N) is 1. The summed E-state index contributed by atoms with van der Waals surface area (Å²) in [5, 5.41) is 0. The predicted molar refractivity (Wildman–Crippen MR) is 63.8 cm³/mol. The van der Waals surface area contributed by atoms with Crippen LogP contribution in [0.2, 0.25) is 0 Å². The maximum Gasteiger partial charge on any atom is 0.152 e. The van der Waals surface area contributed by atoms with Gasteiger partial charge in [-0.15, -0.1) is 0 Å². The van der Waals surface area contributed by atoms with Gasteiger partial charge in [0.25, 0.3) is 0 Å². The summed E-state index contributed by atoms with van der Waals surface area (Å²) in [5.41, 5.74) is 0.315. The van der Waals surface area contributed by atoms with E-state index in [9.17, 15) is 8.42 Å². The van der Waals surface area contributed by atoms with Gasteiger partial charge in [-0.3, -0.25) is 0 Å². The van der Waals surface area contributed by atoms with Gasteiger partial charge < -0.3 is 4.90 Å². The van der Waals surface area contributed by atoms with Crippen molar-refractivity contribution >= 4 is 9.84 Å². The number of rotatable bonds is 4. The second-order valence-electron chi connectivity index (χ2n) is 5.34. The van der Waals surface area contributed by atoms with Crippen molar-refractivity contribution in [2.75, 3.05) is 31.1 Å². The van der Waals surface area contributed by atoms with Crippen molar-refractivity contribution in [2.45, 2.75) is 33.6 Å². The summed E-state index contributed by atoms with van der Waals surface area (Å²) in [5.74, 6) is 0.685. The summed E-state index contributed by atoms with van der Waals surface area (Å²) in [6, 6.07) is 0. The van der Waals surface area contributed by atoms with Crippen LogP contribution < -0.4 is 0 Å². The van der Waals surface area contributed by atoms with Crippen LogP contribution in [-0.4, -0.2) is 44.5 Å². The van der Waals surface area contributed by atoms with Crippen LogP contribution in [0.5, 0.6) is 0 Å². The molecule has 0 aromatic carbocycles. The quantitative estimate of drug-likeness (QED) is 0.739. The summed E-state index contributed by atoms with van der Waals surface area (Å²) < 4.78 is 22.5. The van der Waals surface area contributed by atoms with E-state index in [0.717, 1.165) is 19.6 Å². The summed E-state index contributed by atoms with van der Waals surface area (Å²) in [7, 11) is -2.73. The zero-order valence-electron chi connectivity index (χ0n) is 10.1. The molecular formula is C11H23NO2S. The van der Waals surface area contributed by atoms with Crippen LogP contribution in [0.3, 0.4) is 0 Å². The monoisotopic (exact) mass is 233 g/mol. The third kappa shape index (κ3) is 4.51. The van der Waals surface area contributed by atoms with E-state index in [1.807, 2.05) is 0 Å². The lowest BCUT2D eigenvalue weighted by Crippen LogP contribution is -2.44. The molecule has 1 aliphatic rings. The molecule has 0 spiro atoms. The van der Waals surface area contributed by atoms with Crippen molar-refractivity contribution in [3.63, 3.8) is 0 Å². The zero-order chi connectivity index (χ0) is 11.5. The van der Waals surface area contributed by atoms with Gasteiger partial charge >= 0.3 is 0 Å². The fraction of sp³-hybridized carbons (Fsp3) is 1.00. The van der Waals surface area contributed by atoms with E-state index in [1.54, 1.807) is 0 Å². The molecule has 0 aliphatic carbocycles. The Kier molecular flexibility index (Phi) is 4.18. The van der Waals surface area contributed by atoms with E-state index in [2.05, 4.69) is 25.7 Å². The molecule has 0 bridgehead atoms. The Hall–Kier alpha value is -0.0900. The molecule has 1 saturated heterocycles. The molecule has 90 valence electrons. The topological polar surface area (TPSA) is 37.4 Å². The van der Waals surface area contributed by atoms with Crippen LogP contribution >= 0.6 is 0 Å². The Morgan fingerprint density at radius 3 is 2.20 bits per heavy atom. The van der Waals surface area contributed by atoms with Crippen molar-refractivity contribution < 1.29 is 8.42 Å². The number of hydrogen-bond donors (Lipinski definition) is 0. The van der Waals surface area contributed by atoms with E-state index in [0.29, 0.717) is 16.9 Å². The van der Waals surface area contributed by atoms with Gasteiger partial charge in [0.15, 0.2) is 9.84 Å². The Morgan fingerprint density at radius 2 is 1.73 bits per heavy atom. The second-order valence-corrected chi connectivity index (χ2v) is 7.65. The highest BCUT2D eigenvalue weighted by Gasteiger charge is 2.26. The minimum atomic E-state index is -2.73. The number of hydrogen-bond acceptors (Lipinski definition) is 3. The van der Waals surface area contributed by atoms with Crippen LogP contribution in [0.4, 0.5) is 0 Å². The Bertz CT molecular complexity index is 282. The maximum absolute atomic E-state index is 11.3. The van der Waals surface area contributed by atoms with Crippen molar-refractivity contribution in [3.05, 3.63) is 0 Å². The molecule has 1 aliphatic heterocycles. The molecule has 0 aromatic heterocycles. The molecule has 0 saturated carbocycles. The summed E-state index contributed by atoms with van der Waals surface area (Å²) in [6.07, 6.45) is 2.40. The van der Waals surface area contributed by atoms with Crippen molar-refractivity contribution in [3.8, 4) is 0 Å². The fourth-order valence-corrected chi connectivity index (χ4v) is 3.55. The Morgan fingerprint density at radius 1 is 1.20 bits per heavy atom. The van der Waals surface area contributed by atoms with Crippen molar-refractivity contribution in [2.24, 2.45) is 5.41 Å². The number of sulfone groups is 1. The molecular weight excluding hydrogens is 210 g/mol. The van der Waals surface area contributed by atoms with Gasteiger partial charge in [0.2, 0.25) is 0 Å². The molecule has 1 rings (SSSR count). The van der Waals surface area contributed by atoms with Crippen LogP contribution in [0.25, 0.3) is 0 Å². The zero-order valence-corrected chi connectivity index (χ0v) is 10.9. The molecule has 3 nitrogen and oxygen atoms in total.